The van der Waals surface area contributed by atoms with Crippen molar-refractivity contribution in [2.75, 3.05) is 6.54 Å². The Kier molecular flexibility index (Phi) is 6.94. The van der Waals surface area contributed by atoms with E-state index in [1.807, 2.05) is 0 Å². The molecule has 0 aliphatic heterocycles. The first-order valence-corrected chi connectivity index (χ1v) is 7.08. The number of rotatable bonds is 9. The van der Waals surface area contributed by atoms with Gasteiger partial charge in [0.25, 0.3) is 0 Å². The van der Waals surface area contributed by atoms with Crippen LogP contribution in [0.1, 0.15) is 57.8 Å². The first kappa shape index (κ1) is 14.2. The number of nitrogens with zero attached hydrogens (tertiary/aromatic N) is 2. The van der Waals surface area contributed by atoms with E-state index < -0.39 is 0 Å². The molecule has 1 heterocycles. The maximum atomic E-state index is 4.55. The molecule has 1 aromatic heterocycles. The highest BCUT2D eigenvalue weighted by molar-refractivity contribution is 5.10. The Morgan fingerprint density at radius 3 is 2.65 bits per heavy atom. The molecule has 0 saturated carbocycles. The molecule has 3 heteroatoms. The van der Waals surface area contributed by atoms with Crippen molar-refractivity contribution < 1.29 is 0 Å². The first-order chi connectivity index (χ1) is 8.31. The number of aromatic nitrogens is 2. The van der Waals surface area contributed by atoms with Crippen LogP contribution in [0.2, 0.25) is 0 Å². The lowest BCUT2D eigenvalue weighted by atomic mass is 10.2. The largest absolute Gasteiger partial charge is 0.311 e. The Balaban J connectivity index is 2.28. The average Bonchev–Trinajstić information content (AvgIpc) is 2.76. The van der Waals surface area contributed by atoms with Gasteiger partial charge in [-0.25, -0.2) is 0 Å². The van der Waals surface area contributed by atoms with E-state index in [1.54, 1.807) is 0 Å². The van der Waals surface area contributed by atoms with E-state index in [0.29, 0.717) is 0 Å². The Morgan fingerprint density at radius 2 is 2.00 bits per heavy atom. The van der Waals surface area contributed by atoms with Crippen molar-refractivity contribution >= 4 is 0 Å². The normalized spacial score (nSPS) is 11.0. The van der Waals surface area contributed by atoms with E-state index in [1.165, 1.54) is 37.1 Å². The van der Waals surface area contributed by atoms with Crippen molar-refractivity contribution in [3.05, 3.63) is 17.5 Å². The van der Waals surface area contributed by atoms with E-state index in [4.69, 9.17) is 0 Å². The second-order valence-electron chi connectivity index (χ2n) is 4.53. The summed E-state index contributed by atoms with van der Waals surface area (Å²) in [5.41, 5.74) is 2.52. The molecule has 0 amide bonds. The molecule has 17 heavy (non-hydrogen) atoms. The summed E-state index contributed by atoms with van der Waals surface area (Å²) in [6, 6.07) is 2.22. The maximum absolute atomic E-state index is 4.55. The van der Waals surface area contributed by atoms with E-state index in [9.17, 15) is 0 Å². The molecule has 0 fully saturated rings. The lowest BCUT2D eigenvalue weighted by Gasteiger charge is -2.06. The molecule has 0 unspecified atom stereocenters. The fourth-order valence-electron chi connectivity index (χ4n) is 2.00. The van der Waals surface area contributed by atoms with Gasteiger partial charge in [0, 0.05) is 13.1 Å². The Bertz CT molecular complexity index is 304. The minimum absolute atomic E-state index is 0.951. The van der Waals surface area contributed by atoms with Crippen molar-refractivity contribution in [1.82, 2.24) is 15.1 Å². The van der Waals surface area contributed by atoms with Crippen molar-refractivity contribution in [3.63, 3.8) is 0 Å². The molecule has 1 rings (SSSR count). The van der Waals surface area contributed by atoms with Crippen LogP contribution in [0, 0.1) is 0 Å². The second-order valence-corrected chi connectivity index (χ2v) is 4.53. The molecule has 0 aliphatic carbocycles. The minimum Gasteiger partial charge on any atom is -0.311 e. The average molecular weight is 237 g/mol. The van der Waals surface area contributed by atoms with Gasteiger partial charge >= 0.3 is 0 Å². The molecule has 0 bridgehead atoms. The Morgan fingerprint density at radius 1 is 1.18 bits per heavy atom. The summed E-state index contributed by atoms with van der Waals surface area (Å²) in [5.74, 6) is 0. The van der Waals surface area contributed by atoms with E-state index in [2.05, 4.69) is 41.9 Å². The van der Waals surface area contributed by atoms with Crippen LogP contribution < -0.4 is 5.32 Å². The fraction of sp³-hybridized carbons (Fsp3) is 0.786. The van der Waals surface area contributed by atoms with E-state index in [0.717, 1.165) is 26.1 Å². The molecular formula is C14H27N3. The van der Waals surface area contributed by atoms with Gasteiger partial charge in [0.2, 0.25) is 0 Å². The summed E-state index contributed by atoms with van der Waals surface area (Å²) in [4.78, 5) is 0. The van der Waals surface area contributed by atoms with Gasteiger partial charge in [-0.3, -0.25) is 4.68 Å². The molecule has 0 aromatic carbocycles. The standard InChI is InChI=1S/C14H27N3/c1-4-7-8-9-10-15-12-14-11-13(5-2)16-17(14)6-3/h11,15H,4-10,12H2,1-3H3. The summed E-state index contributed by atoms with van der Waals surface area (Å²) >= 11 is 0. The molecule has 3 nitrogen and oxygen atoms in total. The highest BCUT2D eigenvalue weighted by atomic mass is 15.3. The molecule has 0 aliphatic rings. The molecular weight excluding hydrogens is 210 g/mol. The number of hydrogen-bond donors (Lipinski definition) is 1. The summed E-state index contributed by atoms with van der Waals surface area (Å²) in [5, 5.41) is 8.06. The van der Waals surface area contributed by atoms with Crippen LogP contribution in [0.5, 0.6) is 0 Å². The Hall–Kier alpha value is -0.830. The maximum Gasteiger partial charge on any atom is 0.0625 e. The van der Waals surface area contributed by atoms with Crippen LogP contribution in [-0.4, -0.2) is 16.3 Å². The molecule has 0 spiro atoms. The van der Waals surface area contributed by atoms with Gasteiger partial charge in [-0.15, -0.1) is 0 Å². The second kappa shape index (κ2) is 8.29. The van der Waals surface area contributed by atoms with Gasteiger partial charge in [0.1, 0.15) is 0 Å². The first-order valence-electron chi connectivity index (χ1n) is 7.08. The third-order valence-corrected chi connectivity index (χ3v) is 3.09. The van der Waals surface area contributed by atoms with Crippen molar-refractivity contribution in [3.8, 4) is 0 Å². The molecule has 1 aromatic rings. The van der Waals surface area contributed by atoms with E-state index in [-0.39, 0.29) is 0 Å². The van der Waals surface area contributed by atoms with Gasteiger partial charge in [0.05, 0.1) is 11.4 Å². The quantitative estimate of drug-likeness (QED) is 0.669. The Labute approximate surface area is 106 Å². The van der Waals surface area contributed by atoms with Crippen LogP contribution in [0.3, 0.4) is 0 Å². The number of hydrogen-bond acceptors (Lipinski definition) is 2. The number of nitrogens with one attached hydrogen (secondary N) is 1. The fourth-order valence-corrected chi connectivity index (χ4v) is 2.00. The van der Waals surface area contributed by atoms with Crippen LogP contribution in [0.4, 0.5) is 0 Å². The zero-order valence-electron chi connectivity index (χ0n) is 11.6. The predicted octanol–water partition coefficient (Wildman–Crippen LogP) is 3.14. The lowest BCUT2D eigenvalue weighted by Crippen LogP contribution is -2.17. The highest BCUT2D eigenvalue weighted by Gasteiger charge is 2.04. The van der Waals surface area contributed by atoms with Gasteiger partial charge in [-0.2, -0.15) is 5.10 Å². The van der Waals surface area contributed by atoms with E-state index >= 15 is 0 Å². The topological polar surface area (TPSA) is 29.9 Å². The third-order valence-electron chi connectivity index (χ3n) is 3.09. The van der Waals surface area contributed by atoms with Gasteiger partial charge in [-0.05, 0) is 32.4 Å². The van der Waals surface area contributed by atoms with Gasteiger partial charge in [0.15, 0.2) is 0 Å². The van der Waals surface area contributed by atoms with Crippen molar-refractivity contribution in [2.24, 2.45) is 0 Å². The molecule has 0 radical (unpaired) electrons. The number of unbranched alkanes of at least 4 members (excludes halogenated alkanes) is 3. The number of aryl methyl sites for hydroxylation is 2. The van der Waals surface area contributed by atoms with Crippen LogP contribution in [0.25, 0.3) is 0 Å². The summed E-state index contributed by atoms with van der Waals surface area (Å²) in [6.45, 7) is 9.59. The molecule has 1 N–H and O–H groups in total. The zero-order chi connectivity index (χ0) is 12.5. The molecule has 0 saturated heterocycles. The van der Waals surface area contributed by atoms with Crippen LogP contribution >= 0.6 is 0 Å². The summed E-state index contributed by atoms with van der Waals surface area (Å²) in [6.07, 6.45) is 6.32. The zero-order valence-corrected chi connectivity index (χ0v) is 11.6. The van der Waals surface area contributed by atoms with Crippen LogP contribution in [-0.2, 0) is 19.5 Å². The van der Waals surface area contributed by atoms with Crippen molar-refractivity contribution in [2.45, 2.75) is 66.0 Å². The summed E-state index contributed by atoms with van der Waals surface area (Å²) in [7, 11) is 0. The predicted molar refractivity (Wildman–Crippen MR) is 73.1 cm³/mol. The van der Waals surface area contributed by atoms with Gasteiger partial charge < -0.3 is 5.32 Å². The molecule has 98 valence electrons. The van der Waals surface area contributed by atoms with Gasteiger partial charge in [-0.1, -0.05) is 33.1 Å². The van der Waals surface area contributed by atoms with Crippen LogP contribution in [0.15, 0.2) is 6.07 Å². The third kappa shape index (κ3) is 4.90. The lowest BCUT2D eigenvalue weighted by molar-refractivity contribution is 0.556. The smallest absolute Gasteiger partial charge is 0.0625 e. The minimum atomic E-state index is 0.951. The SMILES string of the molecule is CCCCCCNCc1cc(CC)nn1CC. The highest BCUT2D eigenvalue weighted by Crippen LogP contribution is 2.05. The summed E-state index contributed by atoms with van der Waals surface area (Å²) < 4.78 is 2.11. The monoisotopic (exact) mass is 237 g/mol. The van der Waals surface area contributed by atoms with Crippen molar-refractivity contribution in [1.29, 1.82) is 0 Å². The molecule has 0 atom stereocenters.